The van der Waals surface area contributed by atoms with Gasteiger partial charge in [0.05, 0.1) is 22.9 Å². The minimum absolute atomic E-state index is 0.137. The normalized spacial score (nSPS) is 11.5. The van der Waals surface area contributed by atoms with E-state index in [2.05, 4.69) is 17.3 Å². The molecule has 2 aromatic rings. The van der Waals surface area contributed by atoms with Crippen LogP contribution < -0.4 is 9.47 Å². The largest absolute Gasteiger partial charge is 0.490 e. The molecule has 0 spiro atoms. The van der Waals surface area contributed by atoms with Crippen molar-refractivity contribution in [2.75, 3.05) is 13.2 Å². The first-order chi connectivity index (χ1) is 15.1. The summed E-state index contributed by atoms with van der Waals surface area (Å²) in [5, 5.41) is 4.79. The first kappa shape index (κ1) is 26.7. The highest BCUT2D eigenvalue weighted by Crippen LogP contribution is 2.37. The number of ether oxygens (including phenoxy) is 2. The number of hydrogen-bond acceptors (Lipinski definition) is 4. The van der Waals surface area contributed by atoms with E-state index in [9.17, 15) is 0 Å². The van der Waals surface area contributed by atoms with Crippen LogP contribution in [-0.4, -0.2) is 25.0 Å². The number of benzene rings is 2. The number of nitrogens with zero attached hydrogens (tertiary/aromatic N) is 1. The maximum atomic E-state index is 6.28. The highest BCUT2D eigenvalue weighted by Gasteiger charge is 2.11. The molecule has 0 radical (unpaired) electrons. The predicted octanol–water partition coefficient (Wildman–Crippen LogP) is 8.24. The van der Waals surface area contributed by atoms with Gasteiger partial charge in [0, 0.05) is 12.1 Å². The van der Waals surface area contributed by atoms with Gasteiger partial charge in [-0.3, -0.25) is 0 Å². The van der Waals surface area contributed by atoms with Crippen LogP contribution >= 0.6 is 46.4 Å². The molecule has 0 bridgehead atoms. The summed E-state index contributed by atoms with van der Waals surface area (Å²) < 4.78 is 11.4. The Morgan fingerprint density at radius 1 is 0.969 bits per heavy atom. The monoisotopic (exact) mass is 517 g/mol. The Morgan fingerprint density at radius 3 is 2.22 bits per heavy atom. The van der Waals surface area contributed by atoms with Gasteiger partial charge in [0.15, 0.2) is 5.75 Å². The second kappa shape index (κ2) is 13.2. The Labute approximate surface area is 210 Å². The molecule has 0 atom stereocenters. The second-order valence-electron chi connectivity index (χ2n) is 8.01. The molecule has 0 aliphatic rings. The second-order valence-corrected chi connectivity index (χ2v) is 9.83. The van der Waals surface area contributed by atoms with Crippen LogP contribution in [-0.2, 0) is 11.3 Å². The molecule has 0 saturated carbocycles. The van der Waals surface area contributed by atoms with Gasteiger partial charge in [0.25, 0.3) is 0 Å². The van der Waals surface area contributed by atoms with Crippen molar-refractivity contribution in [2.24, 2.45) is 5.16 Å². The quantitative estimate of drug-likeness (QED) is 0.171. The lowest BCUT2D eigenvalue weighted by molar-refractivity contribution is 0.00199. The molecule has 0 fully saturated rings. The van der Waals surface area contributed by atoms with Crippen molar-refractivity contribution in [3.05, 3.63) is 68.1 Å². The molecule has 2 aromatic carbocycles. The molecular formula is C24H27Cl4NO3. The van der Waals surface area contributed by atoms with Gasteiger partial charge in [-0.2, -0.15) is 0 Å². The Hall–Kier alpha value is -1.59. The van der Waals surface area contributed by atoms with Gasteiger partial charge >= 0.3 is 0 Å². The molecule has 0 saturated heterocycles. The van der Waals surface area contributed by atoms with E-state index in [0.29, 0.717) is 28.2 Å². The Morgan fingerprint density at radius 2 is 1.62 bits per heavy atom. The number of rotatable bonds is 11. The van der Waals surface area contributed by atoms with E-state index in [0.717, 1.165) is 24.8 Å². The van der Waals surface area contributed by atoms with E-state index < -0.39 is 0 Å². The fraction of sp³-hybridized carbons (Fsp3) is 0.375. The van der Waals surface area contributed by atoms with Gasteiger partial charge < -0.3 is 14.3 Å². The summed E-state index contributed by atoms with van der Waals surface area (Å²) >= 11 is 23.7. The van der Waals surface area contributed by atoms with Crippen molar-refractivity contribution in [1.82, 2.24) is 0 Å². The zero-order valence-corrected chi connectivity index (χ0v) is 21.4. The first-order valence-electron chi connectivity index (χ1n) is 10.2. The lowest BCUT2D eigenvalue weighted by Gasteiger charge is -2.14. The Bertz CT molecular complexity index is 895. The third kappa shape index (κ3) is 10.4. The van der Waals surface area contributed by atoms with Crippen molar-refractivity contribution in [3.63, 3.8) is 0 Å². The number of oxime groups is 1. The van der Waals surface area contributed by atoms with Crippen LogP contribution in [0.25, 0.3) is 0 Å². The molecule has 2 rings (SSSR count). The fourth-order valence-electron chi connectivity index (χ4n) is 2.58. The SMILES string of the molecule is CC(C)(C)O/N=C/c1ccc(CCCCOc2c(Cl)cc(OCC=C(Cl)Cl)cc2Cl)cc1. The topological polar surface area (TPSA) is 40.0 Å². The van der Waals surface area contributed by atoms with Gasteiger partial charge in [-0.1, -0.05) is 75.8 Å². The average Bonchev–Trinajstić information content (AvgIpc) is 2.69. The minimum Gasteiger partial charge on any atom is -0.490 e. The van der Waals surface area contributed by atoms with Crippen LogP contribution in [0, 0.1) is 0 Å². The molecule has 0 aliphatic heterocycles. The lowest BCUT2D eigenvalue weighted by atomic mass is 10.1. The summed E-state index contributed by atoms with van der Waals surface area (Å²) in [6, 6.07) is 11.5. The summed E-state index contributed by atoms with van der Waals surface area (Å²) in [7, 11) is 0. The molecule has 0 N–H and O–H groups in total. The summed E-state index contributed by atoms with van der Waals surface area (Å²) in [4.78, 5) is 5.36. The zero-order valence-electron chi connectivity index (χ0n) is 18.3. The summed E-state index contributed by atoms with van der Waals surface area (Å²) in [6.07, 6.45) is 6.04. The van der Waals surface area contributed by atoms with Gasteiger partial charge in [0.2, 0.25) is 0 Å². The first-order valence-corrected chi connectivity index (χ1v) is 11.7. The smallest absolute Gasteiger partial charge is 0.156 e. The van der Waals surface area contributed by atoms with Crippen molar-refractivity contribution in [3.8, 4) is 11.5 Å². The van der Waals surface area contributed by atoms with E-state index in [4.69, 9.17) is 60.7 Å². The van der Waals surface area contributed by atoms with Crippen molar-refractivity contribution < 1.29 is 14.3 Å². The van der Waals surface area contributed by atoms with Crippen LogP contribution in [0.2, 0.25) is 10.0 Å². The van der Waals surface area contributed by atoms with Gasteiger partial charge in [0.1, 0.15) is 22.4 Å². The van der Waals surface area contributed by atoms with Gasteiger partial charge in [-0.15, -0.1) is 0 Å². The molecule has 32 heavy (non-hydrogen) atoms. The summed E-state index contributed by atoms with van der Waals surface area (Å²) in [5.74, 6) is 0.962. The van der Waals surface area contributed by atoms with Crippen molar-refractivity contribution in [2.45, 2.75) is 45.6 Å². The average molecular weight is 519 g/mol. The van der Waals surface area contributed by atoms with E-state index in [1.165, 1.54) is 11.6 Å². The summed E-state index contributed by atoms with van der Waals surface area (Å²) in [6.45, 7) is 6.61. The van der Waals surface area contributed by atoms with Crippen molar-refractivity contribution in [1.29, 1.82) is 0 Å². The van der Waals surface area contributed by atoms with Crippen LogP contribution in [0.5, 0.6) is 11.5 Å². The van der Waals surface area contributed by atoms with E-state index in [1.54, 1.807) is 18.3 Å². The van der Waals surface area contributed by atoms with Gasteiger partial charge in [-0.05, 0) is 57.2 Å². The minimum atomic E-state index is -0.292. The van der Waals surface area contributed by atoms with Crippen LogP contribution in [0.3, 0.4) is 0 Å². The summed E-state index contributed by atoms with van der Waals surface area (Å²) in [5.41, 5.74) is 1.96. The number of unbranched alkanes of at least 4 members (excludes halogenated alkanes) is 1. The molecular weight excluding hydrogens is 492 g/mol. The van der Waals surface area contributed by atoms with Gasteiger partial charge in [-0.25, -0.2) is 0 Å². The molecule has 0 aliphatic carbocycles. The highest BCUT2D eigenvalue weighted by atomic mass is 35.5. The number of hydrogen-bond donors (Lipinski definition) is 0. The van der Waals surface area contributed by atoms with E-state index in [1.807, 2.05) is 32.9 Å². The van der Waals surface area contributed by atoms with Crippen LogP contribution in [0.15, 0.2) is 52.1 Å². The maximum Gasteiger partial charge on any atom is 0.156 e. The fourth-order valence-corrected chi connectivity index (χ4v) is 3.28. The number of aryl methyl sites for hydroxylation is 1. The lowest BCUT2D eigenvalue weighted by Crippen LogP contribution is -2.15. The third-order valence-corrected chi connectivity index (χ3v) is 4.94. The third-order valence-electron chi connectivity index (χ3n) is 4.07. The van der Waals surface area contributed by atoms with E-state index in [-0.39, 0.29) is 16.7 Å². The molecule has 0 heterocycles. The van der Waals surface area contributed by atoms with Crippen molar-refractivity contribution >= 4 is 52.6 Å². The number of halogens is 4. The van der Waals surface area contributed by atoms with Crippen LogP contribution in [0.1, 0.15) is 44.7 Å². The predicted molar refractivity (Wildman–Crippen MR) is 135 cm³/mol. The highest BCUT2D eigenvalue weighted by molar-refractivity contribution is 6.55. The Kier molecular flexibility index (Phi) is 11.0. The molecule has 174 valence electrons. The molecule has 8 heteroatoms. The molecule has 4 nitrogen and oxygen atoms in total. The molecule has 0 unspecified atom stereocenters. The molecule has 0 aromatic heterocycles. The molecule has 0 amide bonds. The zero-order chi connectivity index (χ0) is 23.6. The Balaban J connectivity index is 1.75. The maximum absolute atomic E-state index is 6.28. The van der Waals surface area contributed by atoms with Crippen LogP contribution in [0.4, 0.5) is 0 Å². The standard InChI is InChI=1S/C24H27Cl4NO3/c1-24(2,3)32-29-16-18-9-7-17(8-10-18)6-4-5-12-31-23-20(25)14-19(15-21(23)26)30-13-11-22(27)28/h7-11,14-16H,4-6,12-13H2,1-3H3/b29-16+. The van der Waals surface area contributed by atoms with E-state index >= 15 is 0 Å².